The van der Waals surface area contributed by atoms with Crippen LogP contribution in [0.5, 0.6) is 0 Å². The minimum atomic E-state index is -0.320. The molecule has 2 aromatic carbocycles. The van der Waals surface area contributed by atoms with E-state index in [1.165, 1.54) is 12.1 Å². The Morgan fingerprint density at radius 3 is 2.65 bits per heavy atom. The number of amides is 1. The maximum Gasteiger partial charge on any atom is 0.225 e. The summed E-state index contributed by atoms with van der Waals surface area (Å²) in [5, 5.41) is 0.584. The fourth-order valence-corrected chi connectivity index (χ4v) is 4.63. The lowest BCUT2D eigenvalue weighted by Crippen LogP contribution is -2.46. The molecule has 2 aliphatic rings. The van der Waals surface area contributed by atoms with Crippen LogP contribution in [0.2, 0.25) is 5.02 Å². The predicted octanol–water partition coefficient (Wildman–Crippen LogP) is 4.10. The molecule has 3 aromatic rings. The van der Waals surface area contributed by atoms with Crippen LogP contribution in [0.1, 0.15) is 12.8 Å². The zero-order chi connectivity index (χ0) is 21.4. The van der Waals surface area contributed by atoms with Crippen molar-refractivity contribution in [3.05, 3.63) is 47.2 Å². The van der Waals surface area contributed by atoms with Crippen LogP contribution in [0.3, 0.4) is 0 Å². The van der Waals surface area contributed by atoms with E-state index in [0.29, 0.717) is 42.7 Å². The molecule has 8 heteroatoms. The normalized spacial score (nSPS) is 18.0. The highest BCUT2D eigenvalue weighted by Gasteiger charge is 2.29. The molecule has 0 saturated carbocycles. The third-order valence-corrected chi connectivity index (χ3v) is 6.51. The Kier molecular flexibility index (Phi) is 5.54. The van der Waals surface area contributed by atoms with Crippen molar-refractivity contribution in [2.75, 3.05) is 44.3 Å². The van der Waals surface area contributed by atoms with Crippen LogP contribution in [0.25, 0.3) is 22.4 Å². The Hall–Kier alpha value is -2.64. The first-order valence-corrected chi connectivity index (χ1v) is 11.0. The van der Waals surface area contributed by atoms with Gasteiger partial charge in [0.25, 0.3) is 0 Å². The smallest absolute Gasteiger partial charge is 0.225 e. The first kappa shape index (κ1) is 20.3. The highest BCUT2D eigenvalue weighted by molar-refractivity contribution is 6.33. The largest absolute Gasteiger partial charge is 0.378 e. The van der Waals surface area contributed by atoms with E-state index in [0.717, 1.165) is 42.7 Å². The number of nitrogens with zero attached hydrogens (tertiary/aromatic N) is 3. The van der Waals surface area contributed by atoms with Gasteiger partial charge >= 0.3 is 0 Å². The van der Waals surface area contributed by atoms with Crippen molar-refractivity contribution < 1.29 is 13.9 Å². The van der Waals surface area contributed by atoms with Crippen LogP contribution in [-0.4, -0.2) is 60.2 Å². The molecule has 1 aromatic heterocycles. The second kappa shape index (κ2) is 8.48. The van der Waals surface area contributed by atoms with Gasteiger partial charge in [-0.2, -0.15) is 0 Å². The van der Waals surface area contributed by atoms with Gasteiger partial charge in [-0.1, -0.05) is 11.6 Å². The molecule has 2 aliphatic heterocycles. The predicted molar refractivity (Wildman–Crippen MR) is 119 cm³/mol. The number of H-pyrrole nitrogens is 1. The highest BCUT2D eigenvalue weighted by Crippen LogP contribution is 2.33. The SMILES string of the molecule is O=C(C1CCN(c2ccc(Cl)c(-c3nc4cc(F)ccc4[nH]3)c2)CC1)N1CCOCC1. The lowest BCUT2D eigenvalue weighted by atomic mass is 9.94. The van der Waals surface area contributed by atoms with Gasteiger partial charge in [-0.15, -0.1) is 0 Å². The van der Waals surface area contributed by atoms with Gasteiger partial charge in [0, 0.05) is 49.4 Å². The maximum absolute atomic E-state index is 13.5. The van der Waals surface area contributed by atoms with Gasteiger partial charge in [0.15, 0.2) is 0 Å². The molecule has 1 N–H and O–H groups in total. The number of nitrogens with one attached hydrogen (secondary N) is 1. The lowest BCUT2D eigenvalue weighted by molar-refractivity contribution is -0.140. The van der Waals surface area contributed by atoms with Crippen molar-refractivity contribution in [1.29, 1.82) is 0 Å². The topological polar surface area (TPSA) is 61.5 Å². The van der Waals surface area contributed by atoms with Gasteiger partial charge in [-0.05, 0) is 43.2 Å². The number of imidazole rings is 1. The van der Waals surface area contributed by atoms with E-state index in [1.54, 1.807) is 6.07 Å². The molecule has 31 heavy (non-hydrogen) atoms. The first-order chi connectivity index (χ1) is 15.1. The number of aromatic amines is 1. The summed E-state index contributed by atoms with van der Waals surface area (Å²) in [6.45, 7) is 4.28. The molecule has 2 fully saturated rings. The zero-order valence-electron chi connectivity index (χ0n) is 17.1. The van der Waals surface area contributed by atoms with E-state index in [2.05, 4.69) is 14.9 Å². The van der Waals surface area contributed by atoms with Crippen LogP contribution >= 0.6 is 11.6 Å². The summed E-state index contributed by atoms with van der Waals surface area (Å²) in [5.41, 5.74) is 3.16. The van der Waals surface area contributed by atoms with Crippen LogP contribution in [0.15, 0.2) is 36.4 Å². The van der Waals surface area contributed by atoms with Gasteiger partial charge in [0.05, 0.1) is 29.3 Å². The van der Waals surface area contributed by atoms with Crippen molar-refractivity contribution in [2.24, 2.45) is 5.92 Å². The average Bonchev–Trinajstić information content (AvgIpc) is 3.22. The third kappa shape index (κ3) is 4.12. The number of halogens is 2. The van der Waals surface area contributed by atoms with Gasteiger partial charge in [-0.25, -0.2) is 9.37 Å². The number of ether oxygens (including phenoxy) is 1. The number of carbonyl (C=O) groups is 1. The van der Waals surface area contributed by atoms with Crippen LogP contribution in [-0.2, 0) is 9.53 Å². The first-order valence-electron chi connectivity index (χ1n) is 10.7. The fourth-order valence-electron chi connectivity index (χ4n) is 4.42. The molecule has 0 aliphatic carbocycles. The number of morpholine rings is 1. The second-order valence-corrected chi connectivity index (χ2v) is 8.52. The van der Waals surface area contributed by atoms with Crippen molar-refractivity contribution in [1.82, 2.24) is 14.9 Å². The standard InChI is InChI=1S/C23H24ClFN4O2/c24-19-3-2-17(14-18(19)22-26-20-4-1-16(25)13-21(20)27-22)28-7-5-15(6-8-28)23(30)29-9-11-31-12-10-29/h1-4,13-15H,5-12H2,(H,26,27). The van der Waals surface area contributed by atoms with Crippen LogP contribution in [0.4, 0.5) is 10.1 Å². The number of fused-ring (bicyclic) bond motifs is 1. The molecular formula is C23H24ClFN4O2. The van der Waals surface area contributed by atoms with Crippen LogP contribution < -0.4 is 4.90 Å². The molecule has 0 atom stereocenters. The quantitative estimate of drug-likeness (QED) is 0.663. The van der Waals surface area contributed by atoms with Gasteiger partial charge in [0.1, 0.15) is 11.6 Å². The Labute approximate surface area is 185 Å². The van der Waals surface area contributed by atoms with E-state index in [4.69, 9.17) is 16.3 Å². The summed E-state index contributed by atoms with van der Waals surface area (Å²) in [6.07, 6.45) is 1.66. The number of anilines is 1. The molecule has 3 heterocycles. The molecule has 162 valence electrons. The Morgan fingerprint density at radius 2 is 1.87 bits per heavy atom. The van der Waals surface area contributed by atoms with Gasteiger partial charge in [-0.3, -0.25) is 4.79 Å². The molecule has 0 bridgehead atoms. The molecule has 2 saturated heterocycles. The lowest BCUT2D eigenvalue weighted by Gasteiger charge is -2.36. The molecule has 0 spiro atoms. The molecule has 0 radical (unpaired) electrons. The number of hydrogen-bond acceptors (Lipinski definition) is 4. The summed E-state index contributed by atoms with van der Waals surface area (Å²) in [5.74, 6) is 0.630. The zero-order valence-corrected chi connectivity index (χ0v) is 17.9. The summed E-state index contributed by atoms with van der Waals surface area (Å²) >= 11 is 6.47. The minimum absolute atomic E-state index is 0.0754. The van der Waals surface area contributed by atoms with Gasteiger partial charge < -0.3 is 19.5 Å². The number of piperidine rings is 1. The maximum atomic E-state index is 13.5. The average molecular weight is 443 g/mol. The number of hydrogen-bond donors (Lipinski definition) is 1. The van der Waals surface area contributed by atoms with Crippen molar-refractivity contribution in [3.8, 4) is 11.4 Å². The Morgan fingerprint density at radius 1 is 1.10 bits per heavy atom. The number of carbonyl (C=O) groups excluding carboxylic acids is 1. The molecule has 0 unspecified atom stereocenters. The number of benzene rings is 2. The van der Waals surface area contributed by atoms with Crippen molar-refractivity contribution in [3.63, 3.8) is 0 Å². The molecule has 6 nitrogen and oxygen atoms in total. The second-order valence-electron chi connectivity index (χ2n) is 8.11. The van der Waals surface area contributed by atoms with E-state index in [1.807, 2.05) is 23.1 Å². The third-order valence-electron chi connectivity index (χ3n) is 6.18. The molecule has 1 amide bonds. The van der Waals surface area contributed by atoms with E-state index >= 15 is 0 Å². The molecular weight excluding hydrogens is 419 g/mol. The van der Waals surface area contributed by atoms with E-state index < -0.39 is 0 Å². The van der Waals surface area contributed by atoms with Crippen LogP contribution in [0, 0.1) is 11.7 Å². The Bertz CT molecular complexity index is 1100. The van der Waals surface area contributed by atoms with Crippen molar-refractivity contribution in [2.45, 2.75) is 12.8 Å². The number of rotatable bonds is 3. The number of aromatic nitrogens is 2. The Balaban J connectivity index is 1.32. The van der Waals surface area contributed by atoms with Gasteiger partial charge in [0.2, 0.25) is 5.91 Å². The fraction of sp³-hybridized carbons (Fsp3) is 0.391. The highest BCUT2D eigenvalue weighted by atomic mass is 35.5. The summed E-state index contributed by atoms with van der Waals surface area (Å²) < 4.78 is 18.9. The van der Waals surface area contributed by atoms with E-state index in [9.17, 15) is 9.18 Å². The monoisotopic (exact) mass is 442 g/mol. The summed E-state index contributed by atoms with van der Waals surface area (Å²) in [6, 6.07) is 10.4. The summed E-state index contributed by atoms with van der Waals surface area (Å²) in [4.78, 5) is 24.8. The summed E-state index contributed by atoms with van der Waals surface area (Å²) in [7, 11) is 0. The van der Waals surface area contributed by atoms with E-state index in [-0.39, 0.29) is 17.6 Å². The molecule has 5 rings (SSSR count). The van der Waals surface area contributed by atoms with Crippen molar-refractivity contribution >= 4 is 34.2 Å². The minimum Gasteiger partial charge on any atom is -0.378 e.